The molecular weight excluding hydrogens is 290 g/mol. The maximum Gasteiger partial charge on any atom is 0.238 e. The summed E-state index contributed by atoms with van der Waals surface area (Å²) in [7, 11) is -3.57. The fourth-order valence-corrected chi connectivity index (χ4v) is 4.34. The van der Waals surface area contributed by atoms with Crippen LogP contribution in [0.2, 0.25) is 0 Å². The Morgan fingerprint density at radius 2 is 2.05 bits per heavy atom. The van der Waals surface area contributed by atoms with Gasteiger partial charge in [-0.2, -0.15) is 0 Å². The molecule has 0 spiro atoms. The maximum atomic E-state index is 12.4. The van der Waals surface area contributed by atoms with Gasteiger partial charge in [-0.15, -0.1) is 0 Å². The molecule has 1 aliphatic carbocycles. The van der Waals surface area contributed by atoms with Gasteiger partial charge in [-0.1, -0.05) is 12.8 Å². The molecular formula is C15H23NO4S. The van der Waals surface area contributed by atoms with Crippen molar-refractivity contribution in [2.24, 2.45) is 0 Å². The van der Waals surface area contributed by atoms with Gasteiger partial charge in [-0.3, -0.25) is 4.72 Å². The highest BCUT2D eigenvalue weighted by molar-refractivity contribution is 7.93. The molecule has 2 N–H and O–H groups in total. The van der Waals surface area contributed by atoms with Crippen LogP contribution in [0.4, 0.5) is 5.69 Å². The molecule has 0 radical (unpaired) electrons. The van der Waals surface area contributed by atoms with Crippen molar-refractivity contribution in [2.45, 2.75) is 50.9 Å². The maximum absolute atomic E-state index is 12.4. The minimum atomic E-state index is -3.57. The Balaban J connectivity index is 2.14. The number of aryl methyl sites for hydroxylation is 1. The third kappa shape index (κ3) is 3.89. The zero-order valence-electron chi connectivity index (χ0n) is 12.5. The summed E-state index contributed by atoms with van der Waals surface area (Å²) < 4.78 is 32.8. The molecule has 0 amide bonds. The molecule has 1 aromatic carbocycles. The molecule has 0 saturated heterocycles. The second-order valence-electron chi connectivity index (χ2n) is 5.45. The normalized spacial score (nSPS) is 22.8. The summed E-state index contributed by atoms with van der Waals surface area (Å²) in [6.07, 6.45) is 2.00. The first-order valence-electron chi connectivity index (χ1n) is 7.37. The number of nitrogens with one attached hydrogen (secondary N) is 1. The number of sulfonamides is 1. The third-order valence-electron chi connectivity index (χ3n) is 3.80. The van der Waals surface area contributed by atoms with E-state index in [9.17, 15) is 13.5 Å². The van der Waals surface area contributed by atoms with Gasteiger partial charge in [0.1, 0.15) is 11.0 Å². The summed E-state index contributed by atoms with van der Waals surface area (Å²) in [5, 5.41) is 9.19. The van der Waals surface area contributed by atoms with E-state index in [1.807, 2.05) is 13.8 Å². The van der Waals surface area contributed by atoms with E-state index in [4.69, 9.17) is 4.74 Å². The van der Waals surface area contributed by atoms with Crippen molar-refractivity contribution in [3.8, 4) is 5.75 Å². The number of ether oxygens (including phenoxy) is 1. The van der Waals surface area contributed by atoms with Gasteiger partial charge in [0.2, 0.25) is 10.0 Å². The van der Waals surface area contributed by atoms with Crippen LogP contribution in [0.25, 0.3) is 0 Å². The Hall–Kier alpha value is -1.27. The van der Waals surface area contributed by atoms with Crippen molar-refractivity contribution in [3.63, 3.8) is 0 Å². The standard InChI is InChI=1S/C15H23NO4S/c1-3-20-14-9-8-12(10-11(14)2)16-21(18,19)15-7-5-4-6-13(15)17/h8-10,13,15-17H,3-7H2,1-2H3/t13-,15-/m1/s1. The summed E-state index contributed by atoms with van der Waals surface area (Å²) in [6, 6.07) is 5.19. The monoisotopic (exact) mass is 313 g/mol. The van der Waals surface area contributed by atoms with Gasteiger partial charge in [-0.05, 0) is 50.5 Å². The largest absolute Gasteiger partial charge is 0.494 e. The summed E-state index contributed by atoms with van der Waals surface area (Å²) in [6.45, 7) is 4.35. The van der Waals surface area contributed by atoms with E-state index in [1.165, 1.54) is 0 Å². The van der Waals surface area contributed by atoms with Crippen molar-refractivity contribution < 1.29 is 18.3 Å². The molecule has 2 atom stereocenters. The SMILES string of the molecule is CCOc1ccc(NS(=O)(=O)[C@@H]2CCCC[C@H]2O)cc1C. The van der Waals surface area contributed by atoms with Crippen LogP contribution < -0.4 is 9.46 Å². The second-order valence-corrected chi connectivity index (χ2v) is 7.35. The molecule has 1 aliphatic rings. The number of hydrogen-bond donors (Lipinski definition) is 2. The van der Waals surface area contributed by atoms with Crippen LogP contribution in [-0.2, 0) is 10.0 Å². The Kier molecular flexibility index (Phi) is 5.11. The van der Waals surface area contributed by atoms with Gasteiger partial charge in [0, 0.05) is 5.69 Å². The predicted molar refractivity (Wildman–Crippen MR) is 83.2 cm³/mol. The topological polar surface area (TPSA) is 75.6 Å². The molecule has 1 fully saturated rings. The van der Waals surface area contributed by atoms with Gasteiger partial charge in [0.05, 0.1) is 12.7 Å². The molecule has 21 heavy (non-hydrogen) atoms. The number of rotatable bonds is 5. The summed E-state index contributed by atoms with van der Waals surface area (Å²) >= 11 is 0. The fourth-order valence-electron chi connectivity index (χ4n) is 2.71. The zero-order chi connectivity index (χ0) is 15.5. The van der Waals surface area contributed by atoms with Gasteiger partial charge in [0.15, 0.2) is 0 Å². The van der Waals surface area contributed by atoms with Crippen LogP contribution in [0, 0.1) is 6.92 Å². The highest BCUT2D eigenvalue weighted by Crippen LogP contribution is 2.27. The predicted octanol–water partition coefficient (Wildman–Crippen LogP) is 2.44. The lowest BCUT2D eigenvalue weighted by atomic mass is 9.97. The quantitative estimate of drug-likeness (QED) is 0.875. The molecule has 6 heteroatoms. The molecule has 0 aliphatic heterocycles. The first kappa shape index (κ1) is 16.1. The van der Waals surface area contributed by atoms with Gasteiger partial charge >= 0.3 is 0 Å². The number of aliphatic hydroxyl groups is 1. The molecule has 0 aromatic heterocycles. The van der Waals surface area contributed by atoms with Gasteiger partial charge in [0.25, 0.3) is 0 Å². The van der Waals surface area contributed by atoms with Crippen molar-refractivity contribution >= 4 is 15.7 Å². The average Bonchev–Trinajstić information content (AvgIpc) is 2.42. The smallest absolute Gasteiger partial charge is 0.238 e. The van der Waals surface area contributed by atoms with E-state index >= 15 is 0 Å². The van der Waals surface area contributed by atoms with Crippen LogP contribution in [-0.4, -0.2) is 31.5 Å². The van der Waals surface area contributed by atoms with Crippen LogP contribution >= 0.6 is 0 Å². The van der Waals surface area contributed by atoms with Gasteiger partial charge in [-0.25, -0.2) is 8.42 Å². The zero-order valence-corrected chi connectivity index (χ0v) is 13.3. The van der Waals surface area contributed by atoms with E-state index in [-0.39, 0.29) is 0 Å². The number of hydrogen-bond acceptors (Lipinski definition) is 4. The Bertz CT molecular complexity index is 585. The first-order chi connectivity index (χ1) is 9.94. The first-order valence-corrected chi connectivity index (χ1v) is 8.92. The van der Waals surface area contributed by atoms with Crippen molar-refractivity contribution in [1.82, 2.24) is 0 Å². The lowest BCUT2D eigenvalue weighted by Crippen LogP contribution is -2.40. The number of aliphatic hydroxyl groups excluding tert-OH is 1. The fraction of sp³-hybridized carbons (Fsp3) is 0.600. The molecule has 118 valence electrons. The van der Waals surface area contributed by atoms with Crippen LogP contribution in [0.5, 0.6) is 5.75 Å². The van der Waals surface area contributed by atoms with Gasteiger partial charge < -0.3 is 9.84 Å². The van der Waals surface area contributed by atoms with E-state index in [0.29, 0.717) is 25.1 Å². The Morgan fingerprint density at radius 3 is 2.67 bits per heavy atom. The van der Waals surface area contributed by atoms with Crippen LogP contribution in [0.3, 0.4) is 0 Å². The number of anilines is 1. The molecule has 0 heterocycles. The van der Waals surface area contributed by atoms with Crippen LogP contribution in [0.15, 0.2) is 18.2 Å². The Labute approximate surface area is 126 Å². The van der Waals surface area contributed by atoms with Crippen molar-refractivity contribution in [1.29, 1.82) is 0 Å². The number of benzene rings is 1. The summed E-state index contributed by atoms with van der Waals surface area (Å²) in [4.78, 5) is 0. The summed E-state index contributed by atoms with van der Waals surface area (Å²) in [5.74, 6) is 0.748. The van der Waals surface area contributed by atoms with Crippen molar-refractivity contribution in [3.05, 3.63) is 23.8 Å². The average molecular weight is 313 g/mol. The molecule has 1 aromatic rings. The Morgan fingerprint density at radius 1 is 1.33 bits per heavy atom. The second kappa shape index (κ2) is 6.66. The molecule has 0 unspecified atom stereocenters. The molecule has 2 rings (SSSR count). The minimum absolute atomic E-state index is 0.506. The molecule has 5 nitrogen and oxygen atoms in total. The third-order valence-corrected chi connectivity index (χ3v) is 5.67. The minimum Gasteiger partial charge on any atom is -0.494 e. The van der Waals surface area contributed by atoms with E-state index in [0.717, 1.165) is 24.2 Å². The van der Waals surface area contributed by atoms with E-state index in [1.54, 1.807) is 18.2 Å². The highest BCUT2D eigenvalue weighted by atomic mass is 32.2. The molecule has 0 bridgehead atoms. The van der Waals surface area contributed by atoms with Crippen molar-refractivity contribution in [2.75, 3.05) is 11.3 Å². The van der Waals surface area contributed by atoms with Crippen LogP contribution in [0.1, 0.15) is 38.2 Å². The molecule has 1 saturated carbocycles. The highest BCUT2D eigenvalue weighted by Gasteiger charge is 2.34. The lowest BCUT2D eigenvalue weighted by molar-refractivity contribution is 0.133. The van der Waals surface area contributed by atoms with E-state index in [2.05, 4.69) is 4.72 Å². The summed E-state index contributed by atoms with van der Waals surface area (Å²) in [5.41, 5.74) is 1.38. The lowest BCUT2D eigenvalue weighted by Gasteiger charge is -2.27. The van der Waals surface area contributed by atoms with E-state index < -0.39 is 21.4 Å².